The zero-order valence-corrected chi connectivity index (χ0v) is 24.2. The van der Waals surface area contributed by atoms with E-state index in [0.29, 0.717) is 17.5 Å². The van der Waals surface area contributed by atoms with E-state index in [1.807, 2.05) is 72.8 Å². The van der Waals surface area contributed by atoms with Crippen LogP contribution in [0.4, 0.5) is 0 Å². The zero-order valence-electron chi connectivity index (χ0n) is 24.2. The number of benzene rings is 7. The van der Waals surface area contributed by atoms with Gasteiger partial charge in [0.25, 0.3) is 0 Å². The molecule has 9 rings (SSSR count). The standard InChI is InChI=1S/C41H25N3O/c1-3-10-26(11-4-1)39-42-40(27-12-5-2-6-13-27)44-41(43-39)35-16-9-14-31-22-29(20-21-33(31)35)28-18-19-30-25-38-36(24-32(30)23-28)34-15-7-8-17-37(34)45-38/h1-25H. The van der Waals surface area contributed by atoms with Crippen LogP contribution in [0.25, 0.3) is 88.8 Å². The van der Waals surface area contributed by atoms with E-state index in [1.54, 1.807) is 0 Å². The minimum atomic E-state index is 0.656. The Hall–Kier alpha value is -6.13. The van der Waals surface area contributed by atoms with Gasteiger partial charge in [-0.2, -0.15) is 0 Å². The molecule has 0 N–H and O–H groups in total. The number of aromatic nitrogens is 3. The SMILES string of the molecule is c1ccc(-c2nc(-c3ccccc3)nc(-c3cccc4cc(-c5ccc6cc7oc8ccccc8c7cc6c5)ccc34)n2)cc1. The Labute approximate surface area is 259 Å². The summed E-state index contributed by atoms with van der Waals surface area (Å²) in [4.78, 5) is 14.8. The molecule has 0 saturated carbocycles. The molecule has 0 aliphatic rings. The van der Waals surface area contributed by atoms with Crippen molar-refractivity contribution < 1.29 is 4.42 Å². The van der Waals surface area contributed by atoms with Gasteiger partial charge < -0.3 is 4.42 Å². The Balaban J connectivity index is 1.16. The lowest BCUT2D eigenvalue weighted by atomic mass is 9.96. The first kappa shape index (κ1) is 25.4. The Kier molecular flexibility index (Phi) is 5.78. The maximum absolute atomic E-state index is 6.12. The summed E-state index contributed by atoms with van der Waals surface area (Å²) in [5, 5.41) is 6.85. The molecule has 4 heteroatoms. The van der Waals surface area contributed by atoms with E-state index in [9.17, 15) is 0 Å². The van der Waals surface area contributed by atoms with Crippen LogP contribution in [0.1, 0.15) is 0 Å². The fourth-order valence-electron chi connectivity index (χ4n) is 6.24. The van der Waals surface area contributed by atoms with Gasteiger partial charge in [-0.15, -0.1) is 0 Å². The monoisotopic (exact) mass is 575 g/mol. The summed E-state index contributed by atoms with van der Waals surface area (Å²) in [6, 6.07) is 52.4. The Morgan fingerprint density at radius 1 is 0.333 bits per heavy atom. The van der Waals surface area contributed by atoms with Crippen LogP contribution in [0.3, 0.4) is 0 Å². The van der Waals surface area contributed by atoms with E-state index >= 15 is 0 Å². The molecule has 45 heavy (non-hydrogen) atoms. The number of rotatable bonds is 4. The van der Waals surface area contributed by atoms with Crippen molar-refractivity contribution in [2.75, 3.05) is 0 Å². The van der Waals surface area contributed by atoms with Crippen molar-refractivity contribution in [3.63, 3.8) is 0 Å². The van der Waals surface area contributed by atoms with Gasteiger partial charge in [-0.05, 0) is 63.0 Å². The third-order valence-corrected chi connectivity index (χ3v) is 8.49. The molecule has 4 nitrogen and oxygen atoms in total. The predicted molar refractivity (Wildman–Crippen MR) is 184 cm³/mol. The molecule has 7 aromatic carbocycles. The van der Waals surface area contributed by atoms with Gasteiger partial charge in [0.15, 0.2) is 17.5 Å². The maximum atomic E-state index is 6.12. The average Bonchev–Trinajstić information content (AvgIpc) is 3.47. The molecule has 0 aliphatic heterocycles. The van der Waals surface area contributed by atoms with Crippen LogP contribution in [0.5, 0.6) is 0 Å². The molecule has 2 aromatic heterocycles. The summed E-state index contributed by atoms with van der Waals surface area (Å²) in [5.74, 6) is 1.97. The minimum absolute atomic E-state index is 0.656. The van der Waals surface area contributed by atoms with E-state index in [2.05, 4.69) is 78.9 Å². The predicted octanol–water partition coefficient (Wildman–Crippen LogP) is 10.7. The molecule has 2 heterocycles. The number of hydrogen-bond donors (Lipinski definition) is 0. The second kappa shape index (κ2) is 10.2. The fraction of sp³-hybridized carbons (Fsp3) is 0. The molecule has 0 saturated heterocycles. The molecule has 0 unspecified atom stereocenters. The topological polar surface area (TPSA) is 51.8 Å². The van der Waals surface area contributed by atoms with Gasteiger partial charge in [-0.25, -0.2) is 15.0 Å². The minimum Gasteiger partial charge on any atom is -0.456 e. The van der Waals surface area contributed by atoms with E-state index in [1.165, 1.54) is 10.9 Å². The lowest BCUT2D eigenvalue weighted by Crippen LogP contribution is -2.00. The van der Waals surface area contributed by atoms with E-state index in [-0.39, 0.29) is 0 Å². The van der Waals surface area contributed by atoms with Crippen LogP contribution >= 0.6 is 0 Å². The number of para-hydroxylation sites is 1. The van der Waals surface area contributed by atoms with Crippen molar-refractivity contribution >= 4 is 43.5 Å². The van der Waals surface area contributed by atoms with Crippen molar-refractivity contribution in [1.82, 2.24) is 15.0 Å². The molecule has 0 spiro atoms. The summed E-state index contributed by atoms with van der Waals surface area (Å²) in [7, 11) is 0. The Bertz CT molecular complexity index is 2480. The molecule has 0 bridgehead atoms. The summed E-state index contributed by atoms with van der Waals surface area (Å²) in [6.45, 7) is 0. The summed E-state index contributed by atoms with van der Waals surface area (Å²) >= 11 is 0. The third-order valence-electron chi connectivity index (χ3n) is 8.49. The van der Waals surface area contributed by atoms with E-state index in [0.717, 1.165) is 60.4 Å². The van der Waals surface area contributed by atoms with Crippen molar-refractivity contribution in [2.45, 2.75) is 0 Å². The molecule has 210 valence electrons. The molecule has 9 aromatic rings. The van der Waals surface area contributed by atoms with Gasteiger partial charge in [0.05, 0.1) is 0 Å². The summed E-state index contributed by atoms with van der Waals surface area (Å²) in [6.07, 6.45) is 0. The average molecular weight is 576 g/mol. The van der Waals surface area contributed by atoms with Crippen LogP contribution in [0.2, 0.25) is 0 Å². The fourth-order valence-corrected chi connectivity index (χ4v) is 6.24. The number of furan rings is 1. The largest absolute Gasteiger partial charge is 0.456 e. The van der Waals surface area contributed by atoms with E-state index in [4.69, 9.17) is 19.4 Å². The molecule has 0 aliphatic carbocycles. The van der Waals surface area contributed by atoms with Crippen LogP contribution in [0, 0.1) is 0 Å². The lowest BCUT2D eigenvalue weighted by molar-refractivity contribution is 0.669. The molecule has 0 atom stereocenters. The third kappa shape index (κ3) is 4.43. The van der Waals surface area contributed by atoms with Crippen LogP contribution in [-0.4, -0.2) is 15.0 Å². The smallest absolute Gasteiger partial charge is 0.164 e. The molecular weight excluding hydrogens is 550 g/mol. The second-order valence-corrected chi connectivity index (χ2v) is 11.3. The van der Waals surface area contributed by atoms with Crippen molar-refractivity contribution in [2.24, 2.45) is 0 Å². The van der Waals surface area contributed by atoms with Crippen molar-refractivity contribution in [3.05, 3.63) is 152 Å². The summed E-state index contributed by atoms with van der Waals surface area (Å²) in [5.41, 5.74) is 7.04. The number of nitrogens with zero attached hydrogens (tertiary/aromatic N) is 3. The van der Waals surface area contributed by atoms with Crippen molar-refractivity contribution in [1.29, 1.82) is 0 Å². The highest BCUT2D eigenvalue weighted by Crippen LogP contribution is 2.36. The quantitative estimate of drug-likeness (QED) is 0.209. The number of fused-ring (bicyclic) bond motifs is 5. The zero-order chi connectivity index (χ0) is 29.7. The van der Waals surface area contributed by atoms with Crippen LogP contribution < -0.4 is 0 Å². The highest BCUT2D eigenvalue weighted by Gasteiger charge is 2.15. The van der Waals surface area contributed by atoms with E-state index < -0.39 is 0 Å². The molecular formula is C41H25N3O. The highest BCUT2D eigenvalue weighted by atomic mass is 16.3. The molecule has 0 fully saturated rings. The molecule has 0 radical (unpaired) electrons. The Morgan fingerprint density at radius 2 is 0.978 bits per heavy atom. The number of hydrogen-bond acceptors (Lipinski definition) is 4. The first-order valence-electron chi connectivity index (χ1n) is 15.0. The lowest BCUT2D eigenvalue weighted by Gasteiger charge is -2.11. The van der Waals surface area contributed by atoms with Crippen LogP contribution in [0.15, 0.2) is 156 Å². The van der Waals surface area contributed by atoms with Gasteiger partial charge in [0.1, 0.15) is 11.2 Å². The Morgan fingerprint density at radius 3 is 1.73 bits per heavy atom. The summed E-state index contributed by atoms with van der Waals surface area (Å²) < 4.78 is 6.12. The van der Waals surface area contributed by atoms with Gasteiger partial charge in [0.2, 0.25) is 0 Å². The van der Waals surface area contributed by atoms with Crippen LogP contribution in [-0.2, 0) is 0 Å². The van der Waals surface area contributed by atoms with Gasteiger partial charge in [-0.1, -0.05) is 121 Å². The molecule has 0 amide bonds. The maximum Gasteiger partial charge on any atom is 0.164 e. The highest BCUT2D eigenvalue weighted by molar-refractivity contribution is 6.10. The normalized spacial score (nSPS) is 11.6. The second-order valence-electron chi connectivity index (χ2n) is 11.3. The van der Waals surface area contributed by atoms with Gasteiger partial charge in [-0.3, -0.25) is 0 Å². The van der Waals surface area contributed by atoms with Crippen molar-refractivity contribution in [3.8, 4) is 45.3 Å². The van der Waals surface area contributed by atoms with Gasteiger partial charge >= 0.3 is 0 Å². The first-order valence-corrected chi connectivity index (χ1v) is 15.0. The van der Waals surface area contributed by atoms with Gasteiger partial charge in [0, 0.05) is 27.5 Å². The first-order chi connectivity index (χ1) is 22.3.